The Balaban J connectivity index is 2.51. The van der Waals surface area contributed by atoms with Crippen molar-refractivity contribution < 1.29 is 14.7 Å². The zero-order chi connectivity index (χ0) is 10.4. The van der Waals surface area contributed by atoms with E-state index in [0.29, 0.717) is 13.2 Å². The molecule has 1 aliphatic heterocycles. The Hall–Kier alpha value is -0.610. The van der Waals surface area contributed by atoms with Crippen LogP contribution in [0.25, 0.3) is 0 Å². The molecule has 0 bridgehead atoms. The first-order chi connectivity index (χ1) is 6.75. The number of nitrogens with one attached hydrogen (secondary N) is 1. The van der Waals surface area contributed by atoms with Crippen molar-refractivity contribution >= 4 is 5.97 Å². The molecule has 1 saturated heterocycles. The van der Waals surface area contributed by atoms with Crippen molar-refractivity contribution in [1.29, 1.82) is 0 Å². The molecule has 2 unspecified atom stereocenters. The lowest BCUT2D eigenvalue weighted by Crippen LogP contribution is -2.30. The summed E-state index contributed by atoms with van der Waals surface area (Å²) in [5.74, 6) is -0.662. The summed E-state index contributed by atoms with van der Waals surface area (Å²) >= 11 is 0. The molecular weight excluding hydrogens is 182 g/mol. The monoisotopic (exact) mass is 201 g/mol. The van der Waals surface area contributed by atoms with Crippen molar-refractivity contribution in [3.63, 3.8) is 0 Å². The van der Waals surface area contributed by atoms with Crippen LogP contribution in [0.15, 0.2) is 0 Å². The van der Waals surface area contributed by atoms with Crippen molar-refractivity contribution in [3.05, 3.63) is 0 Å². The summed E-state index contributed by atoms with van der Waals surface area (Å²) in [6.45, 7) is 3.38. The molecule has 82 valence electrons. The van der Waals surface area contributed by atoms with Crippen LogP contribution in [-0.4, -0.2) is 24.2 Å². The van der Waals surface area contributed by atoms with E-state index in [9.17, 15) is 4.79 Å². The second kappa shape index (κ2) is 5.98. The minimum absolute atomic E-state index is 0.214. The third kappa shape index (κ3) is 3.27. The third-order valence-corrected chi connectivity index (χ3v) is 2.75. The van der Waals surface area contributed by atoms with E-state index in [1.807, 2.05) is 6.92 Å². The number of hydroxylamine groups is 1. The predicted molar refractivity (Wildman–Crippen MR) is 52.7 cm³/mol. The van der Waals surface area contributed by atoms with E-state index in [0.717, 1.165) is 25.7 Å². The van der Waals surface area contributed by atoms with Gasteiger partial charge in [0, 0.05) is 6.54 Å². The van der Waals surface area contributed by atoms with Crippen molar-refractivity contribution in [2.45, 2.75) is 32.6 Å². The van der Waals surface area contributed by atoms with Gasteiger partial charge in [0.05, 0.1) is 12.5 Å². The van der Waals surface area contributed by atoms with Gasteiger partial charge >= 0.3 is 5.97 Å². The predicted octanol–water partition coefficient (Wildman–Crippen LogP) is 1.42. The van der Waals surface area contributed by atoms with Gasteiger partial charge in [0.25, 0.3) is 0 Å². The molecule has 1 heterocycles. The van der Waals surface area contributed by atoms with Crippen LogP contribution >= 0.6 is 0 Å². The lowest BCUT2D eigenvalue weighted by Gasteiger charge is -2.21. The van der Waals surface area contributed by atoms with Crippen LogP contribution in [0.2, 0.25) is 0 Å². The normalized spacial score (nSPS) is 25.4. The maximum Gasteiger partial charge on any atom is 0.306 e. The van der Waals surface area contributed by atoms with Crippen molar-refractivity contribution in [3.8, 4) is 0 Å². The molecule has 0 radical (unpaired) electrons. The molecule has 0 aromatic heterocycles. The molecule has 4 nitrogen and oxygen atoms in total. The SMILES string of the molecule is CCCC(C(=O)O)C1CCCONC1. The van der Waals surface area contributed by atoms with Gasteiger partial charge in [-0.25, -0.2) is 5.48 Å². The van der Waals surface area contributed by atoms with Crippen LogP contribution in [0.1, 0.15) is 32.6 Å². The highest BCUT2D eigenvalue weighted by Gasteiger charge is 2.27. The van der Waals surface area contributed by atoms with Gasteiger partial charge in [-0.2, -0.15) is 0 Å². The molecule has 0 aliphatic carbocycles. The molecule has 4 heteroatoms. The van der Waals surface area contributed by atoms with E-state index in [4.69, 9.17) is 9.94 Å². The number of carbonyl (C=O) groups is 1. The minimum Gasteiger partial charge on any atom is -0.481 e. The topological polar surface area (TPSA) is 58.6 Å². The first-order valence-electron chi connectivity index (χ1n) is 5.33. The Morgan fingerprint density at radius 1 is 1.71 bits per heavy atom. The zero-order valence-corrected chi connectivity index (χ0v) is 8.66. The van der Waals surface area contributed by atoms with Crippen LogP contribution in [0.4, 0.5) is 0 Å². The van der Waals surface area contributed by atoms with Crippen molar-refractivity contribution in [2.24, 2.45) is 11.8 Å². The number of carboxylic acids is 1. The fourth-order valence-electron chi connectivity index (χ4n) is 1.97. The van der Waals surface area contributed by atoms with Crippen molar-refractivity contribution in [1.82, 2.24) is 5.48 Å². The molecule has 14 heavy (non-hydrogen) atoms. The van der Waals surface area contributed by atoms with E-state index in [1.54, 1.807) is 0 Å². The second-order valence-electron chi connectivity index (χ2n) is 3.83. The molecule has 0 aromatic carbocycles. The van der Waals surface area contributed by atoms with E-state index in [-0.39, 0.29) is 11.8 Å². The molecule has 0 saturated carbocycles. The van der Waals surface area contributed by atoms with Gasteiger partial charge in [0.1, 0.15) is 0 Å². The fourth-order valence-corrected chi connectivity index (χ4v) is 1.97. The average molecular weight is 201 g/mol. The largest absolute Gasteiger partial charge is 0.481 e. The molecular formula is C10H19NO3. The smallest absolute Gasteiger partial charge is 0.306 e. The molecule has 1 aliphatic rings. The molecule has 2 N–H and O–H groups in total. The average Bonchev–Trinajstić information content (AvgIpc) is 2.41. The van der Waals surface area contributed by atoms with E-state index in [2.05, 4.69) is 5.48 Å². The Morgan fingerprint density at radius 3 is 3.14 bits per heavy atom. The number of carboxylic acid groups (broad SMARTS) is 1. The Kier molecular flexibility index (Phi) is 4.90. The van der Waals surface area contributed by atoms with Crippen LogP contribution in [0, 0.1) is 11.8 Å². The van der Waals surface area contributed by atoms with Crippen LogP contribution in [0.5, 0.6) is 0 Å². The van der Waals surface area contributed by atoms with Gasteiger partial charge in [-0.3, -0.25) is 4.79 Å². The summed E-state index contributed by atoms with van der Waals surface area (Å²) in [4.78, 5) is 16.1. The summed E-state index contributed by atoms with van der Waals surface area (Å²) in [6, 6.07) is 0. The van der Waals surface area contributed by atoms with Crippen LogP contribution < -0.4 is 5.48 Å². The fraction of sp³-hybridized carbons (Fsp3) is 0.900. The third-order valence-electron chi connectivity index (χ3n) is 2.75. The number of aliphatic carboxylic acids is 1. The lowest BCUT2D eigenvalue weighted by molar-refractivity contribution is -0.144. The number of hydrogen-bond donors (Lipinski definition) is 2. The summed E-state index contributed by atoms with van der Waals surface area (Å²) < 4.78 is 0. The molecule has 1 fully saturated rings. The molecule has 0 spiro atoms. The van der Waals surface area contributed by atoms with Crippen LogP contribution in [0.3, 0.4) is 0 Å². The maximum atomic E-state index is 11.0. The highest BCUT2D eigenvalue weighted by Crippen LogP contribution is 2.23. The Labute approximate surface area is 84.6 Å². The quantitative estimate of drug-likeness (QED) is 0.722. The maximum absolute atomic E-state index is 11.0. The molecule has 1 rings (SSSR count). The van der Waals surface area contributed by atoms with E-state index >= 15 is 0 Å². The van der Waals surface area contributed by atoms with Gasteiger partial charge in [0.15, 0.2) is 0 Å². The summed E-state index contributed by atoms with van der Waals surface area (Å²) in [7, 11) is 0. The summed E-state index contributed by atoms with van der Waals surface area (Å²) in [6.07, 6.45) is 3.59. The summed E-state index contributed by atoms with van der Waals surface area (Å²) in [5, 5.41) is 9.08. The van der Waals surface area contributed by atoms with E-state index < -0.39 is 5.97 Å². The van der Waals surface area contributed by atoms with Gasteiger partial charge in [-0.15, -0.1) is 0 Å². The Bertz CT molecular complexity index is 176. The van der Waals surface area contributed by atoms with Crippen molar-refractivity contribution in [2.75, 3.05) is 13.2 Å². The van der Waals surface area contributed by atoms with Gasteiger partial charge < -0.3 is 9.94 Å². The minimum atomic E-state index is -0.666. The van der Waals surface area contributed by atoms with Gasteiger partial charge in [-0.1, -0.05) is 13.3 Å². The standard InChI is InChI=1S/C10H19NO3/c1-2-4-9(10(12)13)8-5-3-6-14-11-7-8/h8-9,11H,2-7H2,1H3,(H,12,13). The van der Waals surface area contributed by atoms with Crippen LogP contribution in [-0.2, 0) is 9.63 Å². The molecule has 2 atom stereocenters. The first kappa shape index (κ1) is 11.5. The lowest BCUT2D eigenvalue weighted by atomic mass is 9.85. The van der Waals surface area contributed by atoms with Gasteiger partial charge in [0.2, 0.25) is 0 Å². The highest BCUT2D eigenvalue weighted by molar-refractivity contribution is 5.70. The molecule has 0 amide bonds. The number of hydrogen-bond acceptors (Lipinski definition) is 3. The molecule has 0 aromatic rings. The van der Waals surface area contributed by atoms with E-state index in [1.165, 1.54) is 0 Å². The first-order valence-corrected chi connectivity index (χ1v) is 5.33. The number of rotatable bonds is 4. The Morgan fingerprint density at radius 2 is 2.50 bits per heavy atom. The second-order valence-corrected chi connectivity index (χ2v) is 3.83. The highest BCUT2D eigenvalue weighted by atomic mass is 16.6. The summed E-state index contributed by atoms with van der Waals surface area (Å²) in [5.41, 5.74) is 2.83. The zero-order valence-electron chi connectivity index (χ0n) is 8.66. The van der Waals surface area contributed by atoms with Gasteiger partial charge in [-0.05, 0) is 25.2 Å².